The van der Waals surface area contributed by atoms with E-state index in [2.05, 4.69) is 0 Å². The van der Waals surface area contributed by atoms with E-state index in [9.17, 15) is 14.9 Å². The van der Waals surface area contributed by atoms with Crippen molar-refractivity contribution < 1.29 is 9.72 Å². The minimum Gasteiger partial charge on any atom is -0.335 e. The van der Waals surface area contributed by atoms with Crippen LogP contribution in [0.3, 0.4) is 0 Å². The lowest BCUT2D eigenvalue weighted by Gasteiger charge is -2.25. The van der Waals surface area contributed by atoms with Gasteiger partial charge in [0.1, 0.15) is 0 Å². The number of hydrogen-bond acceptors (Lipinski definition) is 3. The van der Waals surface area contributed by atoms with E-state index in [0.29, 0.717) is 0 Å². The van der Waals surface area contributed by atoms with Gasteiger partial charge in [0, 0.05) is 19.2 Å². The fourth-order valence-corrected chi connectivity index (χ4v) is 2.37. The third-order valence-corrected chi connectivity index (χ3v) is 3.89. The van der Waals surface area contributed by atoms with E-state index in [1.807, 2.05) is 37.3 Å². The highest BCUT2D eigenvalue weighted by molar-refractivity contribution is 6.34. The molecule has 0 aliphatic heterocycles. The van der Waals surface area contributed by atoms with Crippen LogP contribution in [0.15, 0.2) is 48.5 Å². The number of carbonyl (C=O) groups is 1. The normalized spacial score (nSPS) is 11.8. The highest BCUT2D eigenvalue weighted by atomic mass is 35.5. The Balaban J connectivity index is 2.26. The molecule has 2 aromatic carbocycles. The lowest BCUT2D eigenvalue weighted by molar-refractivity contribution is -0.384. The van der Waals surface area contributed by atoms with E-state index in [4.69, 9.17) is 11.6 Å². The molecular formula is C16H15ClN2O3. The van der Waals surface area contributed by atoms with Crippen LogP contribution in [0, 0.1) is 10.1 Å². The zero-order valence-electron chi connectivity index (χ0n) is 12.2. The molecule has 1 amide bonds. The summed E-state index contributed by atoms with van der Waals surface area (Å²) in [7, 11) is 1.68. The van der Waals surface area contributed by atoms with Gasteiger partial charge in [0.05, 0.1) is 21.6 Å². The quantitative estimate of drug-likeness (QED) is 0.630. The Labute approximate surface area is 133 Å². The first kappa shape index (κ1) is 16.0. The van der Waals surface area contributed by atoms with Crippen LogP contribution in [0.2, 0.25) is 5.02 Å². The number of benzene rings is 2. The van der Waals surface area contributed by atoms with Gasteiger partial charge in [0.15, 0.2) is 0 Å². The fourth-order valence-electron chi connectivity index (χ4n) is 2.11. The van der Waals surface area contributed by atoms with Crippen LogP contribution in [0.25, 0.3) is 0 Å². The number of nitro groups is 1. The van der Waals surface area contributed by atoms with Crippen LogP contribution < -0.4 is 0 Å². The minimum atomic E-state index is -0.545. The Morgan fingerprint density at radius 1 is 1.23 bits per heavy atom. The molecule has 1 atom stereocenters. The predicted octanol–water partition coefficient (Wildman–Crippen LogP) is 4.08. The van der Waals surface area contributed by atoms with Crippen molar-refractivity contribution in [1.82, 2.24) is 4.90 Å². The SMILES string of the molecule is CC(c1ccccc1)N(C)C(=O)c1ccc([N+](=O)[O-])cc1Cl. The van der Waals surface area contributed by atoms with Crippen molar-refractivity contribution in [2.45, 2.75) is 13.0 Å². The topological polar surface area (TPSA) is 63.5 Å². The fraction of sp³-hybridized carbons (Fsp3) is 0.188. The predicted molar refractivity (Wildman–Crippen MR) is 85.1 cm³/mol. The molecule has 0 heterocycles. The molecular weight excluding hydrogens is 304 g/mol. The second kappa shape index (κ2) is 6.58. The van der Waals surface area contributed by atoms with Gasteiger partial charge in [-0.05, 0) is 18.6 Å². The van der Waals surface area contributed by atoms with E-state index in [-0.39, 0.29) is 28.2 Å². The van der Waals surface area contributed by atoms with E-state index in [1.165, 1.54) is 18.2 Å². The van der Waals surface area contributed by atoms with Gasteiger partial charge < -0.3 is 4.90 Å². The average Bonchev–Trinajstić information content (AvgIpc) is 2.53. The van der Waals surface area contributed by atoms with Gasteiger partial charge in [-0.3, -0.25) is 14.9 Å². The molecule has 22 heavy (non-hydrogen) atoms. The number of carbonyl (C=O) groups excluding carboxylic acids is 1. The highest BCUT2D eigenvalue weighted by Crippen LogP contribution is 2.26. The standard InChI is InChI=1S/C16H15ClN2O3/c1-11(12-6-4-3-5-7-12)18(2)16(20)14-9-8-13(19(21)22)10-15(14)17/h3-11H,1-2H3. The van der Waals surface area contributed by atoms with Crippen molar-refractivity contribution in [2.75, 3.05) is 7.05 Å². The second-order valence-corrected chi connectivity index (χ2v) is 5.33. The third-order valence-electron chi connectivity index (χ3n) is 3.58. The molecule has 5 nitrogen and oxygen atoms in total. The number of rotatable bonds is 4. The Bertz CT molecular complexity index is 704. The molecule has 0 aliphatic carbocycles. The summed E-state index contributed by atoms with van der Waals surface area (Å²) in [6.45, 7) is 1.91. The molecule has 0 fully saturated rings. The highest BCUT2D eigenvalue weighted by Gasteiger charge is 2.22. The molecule has 0 bridgehead atoms. The summed E-state index contributed by atoms with van der Waals surface area (Å²) < 4.78 is 0. The maximum Gasteiger partial charge on any atom is 0.270 e. The molecule has 114 valence electrons. The maximum absolute atomic E-state index is 12.5. The van der Waals surface area contributed by atoms with Crippen molar-refractivity contribution in [2.24, 2.45) is 0 Å². The van der Waals surface area contributed by atoms with E-state index in [0.717, 1.165) is 5.56 Å². The Hall–Kier alpha value is -2.40. The zero-order valence-corrected chi connectivity index (χ0v) is 12.9. The van der Waals surface area contributed by atoms with Crippen molar-refractivity contribution in [1.29, 1.82) is 0 Å². The third kappa shape index (κ3) is 3.26. The number of nitrogens with zero attached hydrogens (tertiary/aromatic N) is 2. The van der Waals surface area contributed by atoms with Gasteiger partial charge >= 0.3 is 0 Å². The molecule has 0 radical (unpaired) electrons. The van der Waals surface area contributed by atoms with Gasteiger partial charge in [-0.15, -0.1) is 0 Å². The summed E-state index contributed by atoms with van der Waals surface area (Å²) in [5.41, 5.74) is 1.11. The first-order valence-electron chi connectivity index (χ1n) is 6.68. The smallest absolute Gasteiger partial charge is 0.270 e. The molecule has 0 saturated carbocycles. The number of amides is 1. The van der Waals surface area contributed by atoms with Crippen molar-refractivity contribution in [3.8, 4) is 0 Å². The van der Waals surface area contributed by atoms with Crippen LogP contribution in [0.1, 0.15) is 28.9 Å². The summed E-state index contributed by atoms with van der Waals surface area (Å²) in [6, 6.07) is 13.3. The number of hydrogen-bond donors (Lipinski definition) is 0. The number of nitro benzene ring substituents is 1. The van der Waals surface area contributed by atoms with Crippen LogP contribution >= 0.6 is 11.6 Å². The van der Waals surface area contributed by atoms with Crippen molar-refractivity contribution in [3.63, 3.8) is 0 Å². The van der Waals surface area contributed by atoms with Crippen molar-refractivity contribution in [3.05, 3.63) is 74.8 Å². The molecule has 2 aromatic rings. The number of non-ortho nitro benzene ring substituents is 1. The van der Waals surface area contributed by atoms with Gasteiger partial charge in [-0.2, -0.15) is 0 Å². The Kier molecular flexibility index (Phi) is 4.78. The van der Waals surface area contributed by atoms with Gasteiger partial charge in [-0.25, -0.2) is 0 Å². The zero-order chi connectivity index (χ0) is 16.3. The van der Waals surface area contributed by atoms with Crippen LogP contribution in [0.5, 0.6) is 0 Å². The summed E-state index contributed by atoms with van der Waals surface area (Å²) in [4.78, 5) is 24.3. The molecule has 0 aromatic heterocycles. The Morgan fingerprint density at radius 2 is 1.86 bits per heavy atom. The van der Waals surface area contributed by atoms with Crippen molar-refractivity contribution >= 4 is 23.2 Å². The maximum atomic E-state index is 12.5. The van der Waals surface area contributed by atoms with Gasteiger partial charge in [-0.1, -0.05) is 41.9 Å². The number of halogens is 1. The first-order valence-corrected chi connectivity index (χ1v) is 7.05. The minimum absolute atomic E-state index is 0.0753. The Morgan fingerprint density at radius 3 is 2.41 bits per heavy atom. The largest absolute Gasteiger partial charge is 0.335 e. The van der Waals surface area contributed by atoms with Gasteiger partial charge in [0.25, 0.3) is 11.6 Å². The molecule has 1 unspecified atom stereocenters. The molecule has 0 aliphatic rings. The second-order valence-electron chi connectivity index (χ2n) is 4.92. The van der Waals surface area contributed by atoms with Gasteiger partial charge in [0.2, 0.25) is 0 Å². The molecule has 0 saturated heterocycles. The lowest BCUT2D eigenvalue weighted by Crippen LogP contribution is -2.29. The van der Waals surface area contributed by atoms with E-state index in [1.54, 1.807) is 11.9 Å². The molecule has 0 spiro atoms. The van der Waals surface area contributed by atoms with E-state index < -0.39 is 4.92 Å². The summed E-state index contributed by atoms with van der Waals surface area (Å²) in [5, 5.41) is 10.8. The summed E-state index contributed by atoms with van der Waals surface area (Å²) >= 11 is 6.01. The molecule has 6 heteroatoms. The van der Waals surface area contributed by atoms with E-state index >= 15 is 0 Å². The summed E-state index contributed by atoms with van der Waals surface area (Å²) in [6.07, 6.45) is 0. The van der Waals surface area contributed by atoms with Crippen LogP contribution in [0.4, 0.5) is 5.69 Å². The first-order chi connectivity index (χ1) is 10.4. The average molecular weight is 319 g/mol. The molecule has 2 rings (SSSR count). The monoisotopic (exact) mass is 318 g/mol. The lowest BCUT2D eigenvalue weighted by atomic mass is 10.1. The summed E-state index contributed by atoms with van der Waals surface area (Å²) in [5.74, 6) is -0.281. The van der Waals surface area contributed by atoms with Crippen LogP contribution in [-0.2, 0) is 0 Å². The van der Waals surface area contributed by atoms with Crippen LogP contribution in [-0.4, -0.2) is 22.8 Å². The molecule has 0 N–H and O–H groups in total.